The van der Waals surface area contributed by atoms with Gasteiger partial charge < -0.3 is 9.21 Å². The van der Waals surface area contributed by atoms with E-state index in [1.165, 1.54) is 16.8 Å². The minimum absolute atomic E-state index is 0.928. The van der Waals surface area contributed by atoms with E-state index in [1.54, 1.807) is 0 Å². The molecule has 0 unspecified atom stereocenters. The number of anilines is 1. The van der Waals surface area contributed by atoms with Crippen LogP contribution >= 0.6 is 11.9 Å². The fraction of sp³-hybridized carbons (Fsp3) is 0.222. The van der Waals surface area contributed by atoms with Gasteiger partial charge in [0.1, 0.15) is 6.67 Å². The molecule has 1 aliphatic heterocycles. The Morgan fingerprint density at radius 1 is 1.00 bits per heavy atom. The second kappa shape index (κ2) is 6.72. The van der Waals surface area contributed by atoms with E-state index in [0.717, 1.165) is 19.0 Å². The molecule has 0 amide bonds. The third-order valence-corrected chi connectivity index (χ3v) is 4.58. The summed E-state index contributed by atoms with van der Waals surface area (Å²) in [5, 5.41) is 0. The Balaban J connectivity index is 1.59. The van der Waals surface area contributed by atoms with E-state index in [2.05, 4.69) is 83.0 Å². The molecule has 108 valence electrons. The van der Waals surface area contributed by atoms with Gasteiger partial charge in [-0.05, 0) is 42.6 Å². The van der Waals surface area contributed by atoms with E-state index in [4.69, 9.17) is 0 Å². The Morgan fingerprint density at radius 2 is 1.76 bits per heavy atom. The number of nitrogens with zero attached hydrogens (tertiary/aromatic N) is 2. The highest BCUT2D eigenvalue weighted by Gasteiger charge is 2.13. The van der Waals surface area contributed by atoms with Crippen molar-refractivity contribution in [2.75, 3.05) is 18.1 Å². The number of hydrogen-bond acceptors (Lipinski definition) is 3. The number of aryl methyl sites for hydroxylation is 1. The van der Waals surface area contributed by atoms with Crippen molar-refractivity contribution in [2.24, 2.45) is 0 Å². The van der Waals surface area contributed by atoms with Crippen LogP contribution in [0.1, 0.15) is 11.1 Å². The Labute approximate surface area is 131 Å². The van der Waals surface area contributed by atoms with Gasteiger partial charge in [0.05, 0.1) is 0 Å². The topological polar surface area (TPSA) is 6.48 Å². The summed E-state index contributed by atoms with van der Waals surface area (Å²) in [5.74, 6) is 1.01. The monoisotopic (exact) mass is 296 g/mol. The van der Waals surface area contributed by atoms with Gasteiger partial charge in [0.15, 0.2) is 0 Å². The zero-order valence-corrected chi connectivity index (χ0v) is 13.1. The first-order chi connectivity index (χ1) is 10.3. The van der Waals surface area contributed by atoms with Crippen molar-refractivity contribution in [3.8, 4) is 0 Å². The van der Waals surface area contributed by atoms with Crippen LogP contribution < -0.4 is 4.90 Å². The van der Waals surface area contributed by atoms with Crippen LogP contribution in [0.4, 0.5) is 5.69 Å². The molecular weight excluding hydrogens is 276 g/mol. The normalized spacial score (nSPS) is 14.5. The van der Waals surface area contributed by atoms with Gasteiger partial charge in [-0.1, -0.05) is 48.0 Å². The SMILES string of the molecule is Cc1ccc(N2CC=CN(SCc3ccccc3)C2)cc1. The van der Waals surface area contributed by atoms with Crippen molar-refractivity contribution in [2.45, 2.75) is 12.7 Å². The van der Waals surface area contributed by atoms with Crippen LogP contribution in [0.2, 0.25) is 0 Å². The van der Waals surface area contributed by atoms with Crippen LogP contribution in [-0.2, 0) is 5.75 Å². The average molecular weight is 296 g/mol. The quantitative estimate of drug-likeness (QED) is 0.770. The maximum Gasteiger partial charge on any atom is 0.101 e. The molecule has 1 heterocycles. The minimum atomic E-state index is 0.928. The predicted octanol–water partition coefficient (Wildman–Crippen LogP) is 4.44. The summed E-state index contributed by atoms with van der Waals surface area (Å²) < 4.78 is 2.30. The van der Waals surface area contributed by atoms with E-state index >= 15 is 0 Å². The molecule has 0 saturated carbocycles. The molecule has 0 bridgehead atoms. The van der Waals surface area contributed by atoms with Crippen molar-refractivity contribution < 1.29 is 0 Å². The van der Waals surface area contributed by atoms with Crippen LogP contribution in [-0.4, -0.2) is 17.5 Å². The van der Waals surface area contributed by atoms with Crippen LogP contribution in [0.25, 0.3) is 0 Å². The van der Waals surface area contributed by atoms with E-state index < -0.39 is 0 Å². The van der Waals surface area contributed by atoms with Gasteiger partial charge in [0, 0.05) is 24.2 Å². The molecule has 2 nitrogen and oxygen atoms in total. The second-order valence-corrected chi connectivity index (χ2v) is 6.28. The lowest BCUT2D eigenvalue weighted by molar-refractivity contribution is 0.574. The van der Waals surface area contributed by atoms with E-state index in [-0.39, 0.29) is 0 Å². The molecule has 0 spiro atoms. The van der Waals surface area contributed by atoms with E-state index in [1.807, 2.05) is 11.9 Å². The Hall–Kier alpha value is -1.87. The molecule has 2 aromatic rings. The van der Waals surface area contributed by atoms with Gasteiger partial charge >= 0.3 is 0 Å². The molecule has 0 saturated heterocycles. The van der Waals surface area contributed by atoms with Crippen molar-refractivity contribution in [1.82, 2.24) is 4.31 Å². The second-order valence-electron chi connectivity index (χ2n) is 5.26. The highest BCUT2D eigenvalue weighted by Crippen LogP contribution is 2.23. The number of hydrogen-bond donors (Lipinski definition) is 0. The van der Waals surface area contributed by atoms with Gasteiger partial charge in [0.25, 0.3) is 0 Å². The Bertz CT molecular complexity index is 592. The largest absolute Gasteiger partial charge is 0.349 e. The van der Waals surface area contributed by atoms with Gasteiger partial charge in [-0.15, -0.1) is 0 Å². The number of rotatable bonds is 4. The van der Waals surface area contributed by atoms with Crippen molar-refractivity contribution in [1.29, 1.82) is 0 Å². The standard InChI is InChI=1S/C18H20N2S/c1-16-8-10-18(11-9-16)19-12-5-13-20(15-19)21-14-17-6-3-2-4-7-17/h2-11,13H,12,14-15H2,1H3. The first-order valence-electron chi connectivity index (χ1n) is 7.23. The maximum absolute atomic E-state index is 2.39. The molecule has 0 atom stereocenters. The van der Waals surface area contributed by atoms with E-state index in [9.17, 15) is 0 Å². The average Bonchev–Trinajstić information content (AvgIpc) is 2.55. The molecule has 0 fully saturated rings. The van der Waals surface area contributed by atoms with Gasteiger partial charge in [-0.2, -0.15) is 0 Å². The lowest BCUT2D eigenvalue weighted by Gasteiger charge is -2.33. The third kappa shape index (κ3) is 3.82. The van der Waals surface area contributed by atoms with Crippen molar-refractivity contribution >= 4 is 17.6 Å². The molecule has 2 aromatic carbocycles. The minimum Gasteiger partial charge on any atom is -0.349 e. The third-order valence-electron chi connectivity index (χ3n) is 3.55. The smallest absolute Gasteiger partial charge is 0.101 e. The summed E-state index contributed by atoms with van der Waals surface area (Å²) in [6, 6.07) is 19.4. The first-order valence-corrected chi connectivity index (χ1v) is 8.17. The fourth-order valence-corrected chi connectivity index (χ4v) is 3.22. The summed E-state index contributed by atoms with van der Waals surface area (Å²) in [7, 11) is 0. The molecule has 0 N–H and O–H groups in total. The highest BCUT2D eigenvalue weighted by atomic mass is 32.2. The summed E-state index contributed by atoms with van der Waals surface area (Å²) >= 11 is 1.86. The summed E-state index contributed by atoms with van der Waals surface area (Å²) in [6.07, 6.45) is 4.42. The van der Waals surface area contributed by atoms with Crippen LogP contribution in [0, 0.1) is 6.92 Å². The summed E-state index contributed by atoms with van der Waals surface area (Å²) in [6.45, 7) is 4.03. The Morgan fingerprint density at radius 3 is 2.52 bits per heavy atom. The zero-order valence-electron chi connectivity index (χ0n) is 12.3. The summed E-state index contributed by atoms with van der Waals surface area (Å²) in [4.78, 5) is 2.39. The molecule has 1 aliphatic rings. The molecule has 0 aromatic heterocycles. The van der Waals surface area contributed by atoms with Gasteiger partial charge in [-0.25, -0.2) is 0 Å². The van der Waals surface area contributed by atoms with Crippen molar-refractivity contribution in [3.05, 3.63) is 78.0 Å². The Kier molecular flexibility index (Phi) is 4.51. The van der Waals surface area contributed by atoms with Crippen LogP contribution in [0.15, 0.2) is 66.9 Å². The lowest BCUT2D eigenvalue weighted by atomic mass is 10.2. The van der Waals surface area contributed by atoms with Crippen LogP contribution in [0.3, 0.4) is 0 Å². The molecule has 3 rings (SSSR count). The van der Waals surface area contributed by atoms with Gasteiger partial charge in [-0.3, -0.25) is 0 Å². The summed E-state index contributed by atoms with van der Waals surface area (Å²) in [5.41, 5.74) is 3.96. The van der Waals surface area contributed by atoms with Gasteiger partial charge in [0.2, 0.25) is 0 Å². The zero-order chi connectivity index (χ0) is 14.5. The van der Waals surface area contributed by atoms with Crippen LogP contribution in [0.5, 0.6) is 0 Å². The number of benzene rings is 2. The highest BCUT2D eigenvalue weighted by molar-refractivity contribution is 7.96. The van der Waals surface area contributed by atoms with Crippen molar-refractivity contribution in [3.63, 3.8) is 0 Å². The molecular formula is C18H20N2S. The molecule has 21 heavy (non-hydrogen) atoms. The molecule has 3 heteroatoms. The van der Waals surface area contributed by atoms with E-state index in [0.29, 0.717) is 0 Å². The first kappa shape index (κ1) is 14.1. The lowest BCUT2D eigenvalue weighted by Crippen LogP contribution is -2.35. The fourth-order valence-electron chi connectivity index (χ4n) is 2.32. The predicted molar refractivity (Wildman–Crippen MR) is 92.1 cm³/mol. The maximum atomic E-state index is 2.39. The molecule has 0 aliphatic carbocycles. The molecule has 0 radical (unpaired) electrons.